The third-order valence-electron chi connectivity index (χ3n) is 3.29. The molecule has 6 heteroatoms. The van der Waals surface area contributed by atoms with Crippen LogP contribution in [0.2, 0.25) is 0 Å². The molecule has 0 saturated heterocycles. The van der Waals surface area contributed by atoms with Crippen LogP contribution in [0.5, 0.6) is 0 Å². The van der Waals surface area contributed by atoms with Crippen LogP contribution >= 0.6 is 11.3 Å². The molecule has 0 aliphatic heterocycles. The van der Waals surface area contributed by atoms with E-state index in [4.69, 9.17) is 5.11 Å². The van der Waals surface area contributed by atoms with Crippen LogP contribution in [0.1, 0.15) is 28.9 Å². The summed E-state index contributed by atoms with van der Waals surface area (Å²) < 4.78 is 1.60. The van der Waals surface area contributed by atoms with Crippen molar-refractivity contribution in [3.63, 3.8) is 0 Å². The predicted molar refractivity (Wildman–Crippen MR) is 90.0 cm³/mol. The molecule has 0 atom stereocenters. The fourth-order valence-electron chi connectivity index (χ4n) is 2.13. The predicted octanol–water partition coefficient (Wildman–Crippen LogP) is 4.12. The second-order valence-corrected chi connectivity index (χ2v) is 5.65. The fraction of sp³-hybridized carbons (Fsp3) is 0.118. The third-order valence-corrected chi connectivity index (χ3v) is 4.31. The number of rotatable bonds is 3. The van der Waals surface area contributed by atoms with Gasteiger partial charge in [-0.05, 0) is 48.2 Å². The van der Waals surface area contributed by atoms with Gasteiger partial charge in [-0.15, -0.1) is 11.3 Å². The molecule has 23 heavy (non-hydrogen) atoms. The molecule has 2 heterocycles. The lowest BCUT2D eigenvalue weighted by molar-refractivity contribution is 0.0697. The highest BCUT2D eigenvalue weighted by Crippen LogP contribution is 2.30. The molecular formula is C17H15N3O2S. The van der Waals surface area contributed by atoms with E-state index in [0.29, 0.717) is 16.9 Å². The summed E-state index contributed by atoms with van der Waals surface area (Å²) in [5.74, 6) is -0.973. The summed E-state index contributed by atoms with van der Waals surface area (Å²) in [7, 11) is 0. The van der Waals surface area contributed by atoms with Crippen molar-refractivity contribution in [2.24, 2.45) is 0 Å². The van der Waals surface area contributed by atoms with Crippen molar-refractivity contribution in [2.45, 2.75) is 14.4 Å². The summed E-state index contributed by atoms with van der Waals surface area (Å²) >= 11 is 1.54. The Labute approximate surface area is 138 Å². The summed E-state index contributed by atoms with van der Waals surface area (Å²) in [6.07, 6.45) is 1.66. The van der Waals surface area contributed by atoms with Gasteiger partial charge in [-0.2, -0.15) is 10.4 Å². The van der Waals surface area contributed by atoms with Gasteiger partial charge >= 0.3 is 5.97 Å². The van der Waals surface area contributed by atoms with E-state index in [-0.39, 0.29) is 13.0 Å². The van der Waals surface area contributed by atoms with Crippen molar-refractivity contribution in [3.05, 3.63) is 58.6 Å². The minimum absolute atomic E-state index is 0. The SMILES string of the molecule is C.Cc1ccsc1-c1nn(-c2ccc(C(=O)O)cc2)cc1C#N. The van der Waals surface area contributed by atoms with E-state index in [1.54, 1.807) is 34.3 Å². The highest BCUT2D eigenvalue weighted by Gasteiger charge is 2.15. The highest BCUT2D eigenvalue weighted by atomic mass is 32.1. The number of carbonyl (C=O) groups is 1. The van der Waals surface area contributed by atoms with Crippen LogP contribution in [-0.2, 0) is 0 Å². The third kappa shape index (κ3) is 3.00. The van der Waals surface area contributed by atoms with Crippen molar-refractivity contribution in [3.8, 4) is 22.3 Å². The molecular weight excluding hydrogens is 310 g/mol. The summed E-state index contributed by atoms with van der Waals surface area (Å²) in [6, 6.07) is 10.5. The van der Waals surface area contributed by atoms with Gasteiger partial charge in [0.05, 0.1) is 21.7 Å². The lowest BCUT2D eigenvalue weighted by atomic mass is 10.2. The molecule has 0 aliphatic rings. The maximum Gasteiger partial charge on any atom is 0.335 e. The first-order valence-corrected chi connectivity index (χ1v) is 7.36. The lowest BCUT2D eigenvalue weighted by Crippen LogP contribution is -1.98. The average Bonchev–Trinajstić information content (AvgIpc) is 3.12. The summed E-state index contributed by atoms with van der Waals surface area (Å²) in [5, 5.41) is 24.7. The first-order valence-electron chi connectivity index (χ1n) is 6.48. The maximum absolute atomic E-state index is 10.9. The van der Waals surface area contributed by atoms with Gasteiger partial charge in [0, 0.05) is 6.20 Å². The van der Waals surface area contributed by atoms with Crippen molar-refractivity contribution in [1.29, 1.82) is 5.26 Å². The number of hydrogen-bond donors (Lipinski definition) is 1. The fourth-order valence-corrected chi connectivity index (χ4v) is 3.05. The van der Waals surface area contributed by atoms with Gasteiger partial charge < -0.3 is 5.11 Å². The molecule has 3 aromatic rings. The second-order valence-electron chi connectivity index (χ2n) is 4.73. The van der Waals surface area contributed by atoms with E-state index < -0.39 is 5.97 Å². The average molecular weight is 325 g/mol. The second kappa shape index (κ2) is 6.46. The van der Waals surface area contributed by atoms with E-state index in [0.717, 1.165) is 10.4 Å². The molecule has 1 aromatic carbocycles. The molecule has 2 aromatic heterocycles. The van der Waals surface area contributed by atoms with Gasteiger partial charge in [0.1, 0.15) is 11.8 Å². The standard InChI is InChI=1S/C16H11N3O2S.CH4/c1-10-6-7-22-15(10)14-12(8-17)9-19(18-14)13-4-2-11(3-5-13)16(20)21;/h2-7,9H,1H3,(H,20,21);1H4. The number of hydrogen-bond acceptors (Lipinski definition) is 4. The van der Waals surface area contributed by atoms with E-state index in [2.05, 4.69) is 11.2 Å². The molecule has 0 unspecified atom stereocenters. The molecule has 3 rings (SSSR count). The number of benzene rings is 1. The number of aromatic nitrogens is 2. The van der Waals surface area contributed by atoms with Crippen molar-refractivity contribution in [1.82, 2.24) is 9.78 Å². The zero-order valence-corrected chi connectivity index (χ0v) is 12.5. The largest absolute Gasteiger partial charge is 0.478 e. The Hall–Kier alpha value is -2.91. The minimum atomic E-state index is -0.973. The Morgan fingerprint density at radius 3 is 2.52 bits per heavy atom. The first kappa shape index (κ1) is 16.5. The highest BCUT2D eigenvalue weighted by molar-refractivity contribution is 7.13. The quantitative estimate of drug-likeness (QED) is 0.785. The van der Waals surface area contributed by atoms with Gasteiger partial charge in [-0.3, -0.25) is 0 Å². The van der Waals surface area contributed by atoms with E-state index in [9.17, 15) is 10.1 Å². The van der Waals surface area contributed by atoms with Crippen LogP contribution in [0, 0.1) is 18.3 Å². The number of aromatic carboxylic acids is 1. The number of aryl methyl sites for hydroxylation is 1. The minimum Gasteiger partial charge on any atom is -0.478 e. The van der Waals surface area contributed by atoms with Crippen molar-refractivity contribution < 1.29 is 9.90 Å². The van der Waals surface area contributed by atoms with Crippen LogP contribution in [0.15, 0.2) is 41.9 Å². The molecule has 0 radical (unpaired) electrons. The van der Waals surface area contributed by atoms with Gasteiger partial charge in [-0.1, -0.05) is 7.43 Å². The monoisotopic (exact) mass is 325 g/mol. The van der Waals surface area contributed by atoms with Crippen LogP contribution < -0.4 is 0 Å². The molecule has 0 amide bonds. The van der Waals surface area contributed by atoms with Crippen molar-refractivity contribution >= 4 is 17.3 Å². The number of carboxylic acid groups (broad SMARTS) is 1. The smallest absolute Gasteiger partial charge is 0.335 e. The Bertz CT molecular complexity index is 885. The van der Waals surface area contributed by atoms with Gasteiger partial charge in [0.25, 0.3) is 0 Å². The zero-order chi connectivity index (χ0) is 15.7. The Morgan fingerprint density at radius 2 is 2.00 bits per heavy atom. The number of thiophene rings is 1. The van der Waals surface area contributed by atoms with Gasteiger partial charge in [0.2, 0.25) is 0 Å². The summed E-state index contributed by atoms with van der Waals surface area (Å²) in [5.41, 5.74) is 3.14. The molecule has 5 nitrogen and oxygen atoms in total. The first-order chi connectivity index (χ1) is 10.6. The topological polar surface area (TPSA) is 78.9 Å². The number of nitrogens with zero attached hydrogens (tertiary/aromatic N) is 3. The van der Waals surface area contributed by atoms with Crippen LogP contribution in [0.3, 0.4) is 0 Å². The summed E-state index contributed by atoms with van der Waals surface area (Å²) in [4.78, 5) is 11.9. The molecule has 0 spiro atoms. The van der Waals surface area contributed by atoms with Gasteiger partial charge in [-0.25, -0.2) is 9.48 Å². The van der Waals surface area contributed by atoms with E-state index >= 15 is 0 Å². The normalized spacial score (nSPS) is 9.91. The molecule has 0 aliphatic carbocycles. The van der Waals surface area contributed by atoms with Crippen molar-refractivity contribution in [2.75, 3.05) is 0 Å². The number of carboxylic acids is 1. The molecule has 0 saturated carbocycles. The van der Waals surface area contributed by atoms with E-state index in [1.807, 2.05) is 18.4 Å². The zero-order valence-electron chi connectivity index (χ0n) is 11.6. The summed E-state index contributed by atoms with van der Waals surface area (Å²) in [6.45, 7) is 1.98. The molecule has 0 fully saturated rings. The Morgan fingerprint density at radius 1 is 1.30 bits per heavy atom. The van der Waals surface area contributed by atoms with Gasteiger partial charge in [0.15, 0.2) is 0 Å². The Balaban J connectivity index is 0.00000192. The maximum atomic E-state index is 10.9. The van der Waals surface area contributed by atoms with E-state index in [1.165, 1.54) is 12.1 Å². The lowest BCUT2D eigenvalue weighted by Gasteiger charge is -2.01. The van der Waals surface area contributed by atoms with Crippen LogP contribution in [0.25, 0.3) is 16.3 Å². The van der Waals surface area contributed by atoms with Crippen LogP contribution in [-0.4, -0.2) is 20.9 Å². The van der Waals surface area contributed by atoms with Crippen LogP contribution in [0.4, 0.5) is 0 Å². The Kier molecular flexibility index (Phi) is 4.63. The number of nitriles is 1. The molecule has 1 N–H and O–H groups in total. The molecule has 116 valence electrons. The molecule has 0 bridgehead atoms.